The smallest absolute Gasteiger partial charge is 0.324 e. The molecule has 0 saturated heterocycles. The fourth-order valence-corrected chi connectivity index (χ4v) is 2.25. The van der Waals surface area contributed by atoms with Gasteiger partial charge in [-0.15, -0.1) is 0 Å². The summed E-state index contributed by atoms with van der Waals surface area (Å²) in [5, 5.41) is 8.73. The Labute approximate surface area is 101 Å². The predicted octanol–water partition coefficient (Wildman–Crippen LogP) is 1.15. The third-order valence-electron chi connectivity index (χ3n) is 2.46. The van der Waals surface area contributed by atoms with Crippen molar-refractivity contribution in [1.29, 1.82) is 0 Å². The Balaban J connectivity index is 3.22. The lowest BCUT2D eigenvalue weighted by Gasteiger charge is -2.21. The number of carboxylic acid groups (broad SMARTS) is 1. The summed E-state index contributed by atoms with van der Waals surface area (Å²) in [5.41, 5.74) is 2.32. The molecule has 1 N–H and O–H groups in total. The van der Waals surface area contributed by atoms with E-state index in [1.807, 2.05) is 13.8 Å². The highest BCUT2D eigenvalue weighted by atomic mass is 32.2. The van der Waals surface area contributed by atoms with Gasteiger partial charge in [0.05, 0.1) is 11.9 Å². The van der Waals surface area contributed by atoms with E-state index < -0.39 is 22.5 Å². The van der Waals surface area contributed by atoms with Crippen molar-refractivity contribution < 1.29 is 18.3 Å². The molecular weight excluding hydrogens is 242 g/mol. The maximum atomic E-state index is 11.5. The molecule has 0 aliphatic heterocycles. The zero-order valence-electron chi connectivity index (χ0n) is 9.97. The molecular formula is C11H15NO4S. The van der Waals surface area contributed by atoms with Crippen LogP contribution in [0.25, 0.3) is 0 Å². The van der Waals surface area contributed by atoms with Crippen molar-refractivity contribution in [3.05, 3.63) is 29.3 Å². The van der Waals surface area contributed by atoms with Crippen LogP contribution in [-0.4, -0.2) is 32.3 Å². The highest BCUT2D eigenvalue weighted by molar-refractivity contribution is 7.92. The molecule has 0 spiro atoms. The van der Waals surface area contributed by atoms with E-state index in [2.05, 4.69) is 0 Å². The summed E-state index contributed by atoms with van der Waals surface area (Å²) in [7, 11) is -3.59. The van der Waals surface area contributed by atoms with Crippen LogP contribution in [0.5, 0.6) is 0 Å². The number of carboxylic acids is 1. The van der Waals surface area contributed by atoms with Crippen LogP contribution in [0.4, 0.5) is 5.69 Å². The van der Waals surface area contributed by atoms with E-state index in [4.69, 9.17) is 5.11 Å². The minimum absolute atomic E-state index is 0.373. The van der Waals surface area contributed by atoms with Crippen molar-refractivity contribution in [2.24, 2.45) is 0 Å². The molecule has 94 valence electrons. The molecule has 0 radical (unpaired) electrons. The molecule has 0 atom stereocenters. The molecule has 0 unspecified atom stereocenters. The monoisotopic (exact) mass is 257 g/mol. The van der Waals surface area contributed by atoms with Crippen molar-refractivity contribution in [2.45, 2.75) is 13.8 Å². The predicted molar refractivity (Wildman–Crippen MR) is 65.7 cm³/mol. The Morgan fingerprint density at radius 3 is 2.29 bits per heavy atom. The number of anilines is 1. The van der Waals surface area contributed by atoms with Crippen LogP contribution in [0, 0.1) is 13.8 Å². The van der Waals surface area contributed by atoms with Crippen LogP contribution in [-0.2, 0) is 14.8 Å². The zero-order valence-corrected chi connectivity index (χ0v) is 10.8. The summed E-state index contributed by atoms with van der Waals surface area (Å²) in [4.78, 5) is 10.7. The first-order valence-electron chi connectivity index (χ1n) is 4.98. The van der Waals surface area contributed by atoms with Crippen molar-refractivity contribution >= 4 is 21.7 Å². The zero-order chi connectivity index (χ0) is 13.2. The van der Waals surface area contributed by atoms with E-state index in [0.717, 1.165) is 21.7 Å². The highest BCUT2D eigenvalue weighted by Gasteiger charge is 2.20. The van der Waals surface area contributed by atoms with Gasteiger partial charge < -0.3 is 5.11 Å². The molecule has 0 aromatic heterocycles. The molecule has 1 aromatic rings. The number of aryl methyl sites for hydroxylation is 2. The summed E-state index contributed by atoms with van der Waals surface area (Å²) in [5.74, 6) is -1.19. The topological polar surface area (TPSA) is 74.7 Å². The Hall–Kier alpha value is -1.56. The average Bonchev–Trinajstić information content (AvgIpc) is 2.17. The van der Waals surface area contributed by atoms with Gasteiger partial charge in [0.25, 0.3) is 0 Å². The van der Waals surface area contributed by atoms with Crippen LogP contribution in [0.1, 0.15) is 11.1 Å². The Morgan fingerprint density at radius 1 is 1.29 bits per heavy atom. The molecule has 1 aromatic carbocycles. The number of nitrogens with zero attached hydrogens (tertiary/aromatic N) is 1. The average molecular weight is 257 g/mol. The van der Waals surface area contributed by atoms with Crippen molar-refractivity contribution in [1.82, 2.24) is 0 Å². The minimum Gasteiger partial charge on any atom is -0.480 e. The summed E-state index contributed by atoms with van der Waals surface area (Å²) >= 11 is 0. The molecule has 0 fully saturated rings. The van der Waals surface area contributed by atoms with Crippen molar-refractivity contribution in [2.75, 3.05) is 17.1 Å². The van der Waals surface area contributed by atoms with E-state index in [1.165, 1.54) is 0 Å². The SMILES string of the molecule is Cc1ccc(N(CC(=O)O)S(C)(=O)=O)cc1C. The van der Waals surface area contributed by atoms with Crippen LogP contribution >= 0.6 is 0 Å². The molecule has 5 nitrogen and oxygen atoms in total. The van der Waals surface area contributed by atoms with E-state index in [1.54, 1.807) is 18.2 Å². The van der Waals surface area contributed by atoms with E-state index in [9.17, 15) is 13.2 Å². The van der Waals surface area contributed by atoms with Gasteiger partial charge in [-0.2, -0.15) is 0 Å². The van der Waals surface area contributed by atoms with Crippen LogP contribution in [0.3, 0.4) is 0 Å². The molecule has 0 amide bonds. The summed E-state index contributed by atoms with van der Waals surface area (Å²) in [6.07, 6.45) is 0.991. The molecule has 17 heavy (non-hydrogen) atoms. The lowest BCUT2D eigenvalue weighted by atomic mass is 10.1. The van der Waals surface area contributed by atoms with Crippen LogP contribution in [0.15, 0.2) is 18.2 Å². The van der Waals surface area contributed by atoms with Crippen molar-refractivity contribution in [3.63, 3.8) is 0 Å². The highest BCUT2D eigenvalue weighted by Crippen LogP contribution is 2.20. The molecule has 0 aliphatic rings. The molecule has 0 saturated carbocycles. The lowest BCUT2D eigenvalue weighted by Crippen LogP contribution is -2.34. The summed E-state index contributed by atoms with van der Waals surface area (Å²) < 4.78 is 23.9. The number of sulfonamides is 1. The van der Waals surface area contributed by atoms with E-state index >= 15 is 0 Å². The molecule has 0 bridgehead atoms. The second-order valence-electron chi connectivity index (χ2n) is 3.93. The third-order valence-corrected chi connectivity index (χ3v) is 3.60. The Bertz CT molecular complexity index is 536. The van der Waals surface area contributed by atoms with Gasteiger partial charge in [0.2, 0.25) is 10.0 Å². The van der Waals surface area contributed by atoms with Gasteiger partial charge >= 0.3 is 5.97 Å². The van der Waals surface area contributed by atoms with Crippen LogP contribution < -0.4 is 4.31 Å². The van der Waals surface area contributed by atoms with Gasteiger partial charge in [-0.05, 0) is 37.1 Å². The second kappa shape index (κ2) is 4.75. The quantitative estimate of drug-likeness (QED) is 0.878. The first kappa shape index (κ1) is 13.5. The molecule has 0 aliphatic carbocycles. The van der Waals surface area contributed by atoms with Crippen molar-refractivity contribution in [3.8, 4) is 0 Å². The fraction of sp³-hybridized carbons (Fsp3) is 0.364. The number of carbonyl (C=O) groups is 1. The summed E-state index contributed by atoms with van der Waals surface area (Å²) in [6, 6.07) is 5.04. The first-order valence-corrected chi connectivity index (χ1v) is 6.83. The molecule has 6 heteroatoms. The normalized spacial score (nSPS) is 11.2. The maximum absolute atomic E-state index is 11.5. The molecule has 0 heterocycles. The minimum atomic E-state index is -3.59. The van der Waals surface area contributed by atoms with E-state index in [-0.39, 0.29) is 0 Å². The number of hydrogen-bond acceptors (Lipinski definition) is 3. The van der Waals surface area contributed by atoms with Gasteiger partial charge in [-0.25, -0.2) is 8.42 Å². The second-order valence-corrected chi connectivity index (χ2v) is 5.84. The number of benzene rings is 1. The van der Waals surface area contributed by atoms with Gasteiger partial charge in [0.15, 0.2) is 0 Å². The third kappa shape index (κ3) is 3.45. The Kier molecular flexibility index (Phi) is 3.77. The Morgan fingerprint density at radius 2 is 1.88 bits per heavy atom. The van der Waals surface area contributed by atoms with Gasteiger partial charge in [-0.3, -0.25) is 9.10 Å². The number of rotatable bonds is 4. The fourth-order valence-electron chi connectivity index (χ4n) is 1.40. The lowest BCUT2D eigenvalue weighted by molar-refractivity contribution is -0.135. The molecule has 1 rings (SSSR count). The van der Waals surface area contributed by atoms with Crippen LogP contribution in [0.2, 0.25) is 0 Å². The van der Waals surface area contributed by atoms with Gasteiger partial charge in [0.1, 0.15) is 6.54 Å². The van der Waals surface area contributed by atoms with Gasteiger partial charge in [-0.1, -0.05) is 6.07 Å². The van der Waals surface area contributed by atoms with Gasteiger partial charge in [0, 0.05) is 0 Å². The maximum Gasteiger partial charge on any atom is 0.324 e. The number of hydrogen-bond donors (Lipinski definition) is 1. The number of aliphatic carboxylic acids is 1. The first-order chi connectivity index (χ1) is 7.71. The standard InChI is InChI=1S/C11H15NO4S/c1-8-4-5-10(6-9(8)2)12(7-11(13)14)17(3,15)16/h4-6H,7H2,1-3H3,(H,13,14). The largest absolute Gasteiger partial charge is 0.480 e. The van der Waals surface area contributed by atoms with E-state index in [0.29, 0.717) is 5.69 Å². The summed E-state index contributed by atoms with van der Waals surface area (Å²) in [6.45, 7) is 3.18.